The van der Waals surface area contributed by atoms with E-state index in [4.69, 9.17) is 43.7 Å². The van der Waals surface area contributed by atoms with Crippen molar-refractivity contribution in [2.45, 2.75) is 69.3 Å². The zero-order valence-electron chi connectivity index (χ0n) is 22.1. The number of hydrogen-bond acceptors (Lipinski definition) is 15. The lowest BCUT2D eigenvalue weighted by molar-refractivity contribution is -0.182. The van der Waals surface area contributed by atoms with Gasteiger partial charge in [0.25, 0.3) is 11.4 Å². The fraction of sp³-hybridized carbons (Fsp3) is 0.636. The molecule has 0 bridgehead atoms. The van der Waals surface area contributed by atoms with Gasteiger partial charge < -0.3 is 33.2 Å². The molecule has 3 fully saturated rings. The van der Waals surface area contributed by atoms with Crippen LogP contribution in [-0.2, 0) is 51.3 Å². The minimum absolute atomic E-state index is 0.560. The SMILES string of the molecule is C#CC12OCOC13C(OP(=O)(OCOC(=O)OC(C)C)OCOC(=O)OC(C)C)C3(F)OC2n1ccc(=O)[nH]c1=O. The van der Waals surface area contributed by atoms with Gasteiger partial charge in [-0.15, -0.1) is 6.42 Å². The number of rotatable bonds is 11. The summed E-state index contributed by atoms with van der Waals surface area (Å²) in [5.41, 5.74) is -6.24. The van der Waals surface area contributed by atoms with E-state index < -0.39 is 93.4 Å². The number of aromatic amines is 1. The Kier molecular flexibility index (Phi) is 8.35. The number of H-pyrrole nitrogens is 1. The fourth-order valence-electron chi connectivity index (χ4n) is 4.25. The average molecular weight is 608 g/mol. The van der Waals surface area contributed by atoms with E-state index in [9.17, 15) is 23.7 Å². The molecule has 19 heteroatoms. The number of ether oxygens (including phenoxy) is 7. The molecule has 0 radical (unpaired) electrons. The van der Waals surface area contributed by atoms with Crippen molar-refractivity contribution < 1.29 is 65.3 Å². The number of nitrogens with one attached hydrogen (secondary N) is 1. The van der Waals surface area contributed by atoms with E-state index >= 15 is 4.39 Å². The van der Waals surface area contributed by atoms with Gasteiger partial charge in [0.2, 0.25) is 24.8 Å². The lowest BCUT2D eigenvalue weighted by Gasteiger charge is -2.31. The summed E-state index contributed by atoms with van der Waals surface area (Å²) >= 11 is 0. The molecule has 1 saturated carbocycles. The smallest absolute Gasteiger partial charge is 0.432 e. The summed E-state index contributed by atoms with van der Waals surface area (Å²) in [6.45, 7) is 3.39. The van der Waals surface area contributed by atoms with Gasteiger partial charge in [0.1, 0.15) is 0 Å². The largest absolute Gasteiger partial charge is 0.510 e. The van der Waals surface area contributed by atoms with Gasteiger partial charge in [-0.2, -0.15) is 0 Å². The highest BCUT2D eigenvalue weighted by atomic mass is 31.2. The van der Waals surface area contributed by atoms with Crippen LogP contribution in [0.25, 0.3) is 0 Å². The highest BCUT2D eigenvalue weighted by Crippen LogP contribution is 2.76. The van der Waals surface area contributed by atoms with Gasteiger partial charge in [-0.05, 0) is 27.7 Å². The summed E-state index contributed by atoms with van der Waals surface area (Å²) in [4.78, 5) is 49.2. The van der Waals surface area contributed by atoms with E-state index in [1.54, 1.807) is 0 Å². The molecule has 2 saturated heterocycles. The third-order valence-electron chi connectivity index (χ3n) is 5.88. The highest BCUT2D eigenvalue weighted by Gasteiger charge is 3.00. The monoisotopic (exact) mass is 608 g/mol. The number of halogens is 1. The van der Waals surface area contributed by atoms with Crippen LogP contribution < -0.4 is 11.2 Å². The predicted molar refractivity (Wildman–Crippen MR) is 126 cm³/mol. The molecule has 1 N–H and O–H groups in total. The second-order valence-electron chi connectivity index (χ2n) is 9.20. The van der Waals surface area contributed by atoms with Crippen molar-refractivity contribution >= 4 is 20.1 Å². The van der Waals surface area contributed by atoms with Crippen LogP contribution in [0.3, 0.4) is 0 Å². The summed E-state index contributed by atoms with van der Waals surface area (Å²) in [7, 11) is -5.00. The molecule has 226 valence electrons. The van der Waals surface area contributed by atoms with Gasteiger partial charge >= 0.3 is 25.8 Å². The minimum Gasteiger partial charge on any atom is -0.432 e. The molecular formula is C22H26FN2O15P. The highest BCUT2D eigenvalue weighted by molar-refractivity contribution is 7.48. The van der Waals surface area contributed by atoms with Crippen LogP contribution in [0.5, 0.6) is 0 Å². The Morgan fingerprint density at radius 1 is 1.15 bits per heavy atom. The molecular weight excluding hydrogens is 582 g/mol. The fourth-order valence-corrected chi connectivity index (χ4v) is 5.35. The molecule has 1 spiro atoms. The second kappa shape index (κ2) is 11.2. The van der Waals surface area contributed by atoms with Crippen molar-refractivity contribution in [2.75, 3.05) is 20.4 Å². The van der Waals surface area contributed by atoms with Crippen molar-refractivity contribution in [3.05, 3.63) is 33.1 Å². The van der Waals surface area contributed by atoms with Crippen molar-refractivity contribution in [3.8, 4) is 12.3 Å². The predicted octanol–water partition coefficient (Wildman–Crippen LogP) is 1.42. The molecule has 1 aromatic heterocycles. The van der Waals surface area contributed by atoms with Crippen molar-refractivity contribution in [2.24, 2.45) is 0 Å². The first-order chi connectivity index (χ1) is 19.2. The molecule has 41 heavy (non-hydrogen) atoms. The maximum Gasteiger partial charge on any atom is 0.510 e. The van der Waals surface area contributed by atoms with Crippen molar-refractivity contribution in [1.82, 2.24) is 9.55 Å². The summed E-state index contributed by atoms with van der Waals surface area (Å²) in [5.74, 6) is -0.788. The lowest BCUT2D eigenvalue weighted by Crippen LogP contribution is -2.50. The molecule has 1 aliphatic carbocycles. The summed E-state index contributed by atoms with van der Waals surface area (Å²) in [6.07, 6.45) is -0.472. The maximum absolute atomic E-state index is 16.3. The Morgan fingerprint density at radius 2 is 1.73 bits per heavy atom. The topological polar surface area (TPSA) is 198 Å². The first kappa shape index (κ1) is 30.7. The summed E-state index contributed by atoms with van der Waals surface area (Å²) in [6, 6.07) is 0.963. The van der Waals surface area contributed by atoms with Crippen LogP contribution in [0.1, 0.15) is 33.9 Å². The molecule has 4 rings (SSSR count). The van der Waals surface area contributed by atoms with Gasteiger partial charge in [-0.1, -0.05) is 5.92 Å². The number of carbonyl (C=O) groups excluding carboxylic acids is 2. The minimum atomic E-state index is -5.00. The Balaban J connectivity index is 1.56. The third kappa shape index (κ3) is 5.37. The van der Waals surface area contributed by atoms with Gasteiger partial charge in [-0.3, -0.25) is 18.9 Å². The number of terminal acetylenes is 1. The number of carbonyl (C=O) groups is 2. The normalized spacial score (nSPS) is 29.9. The molecule has 2 aliphatic heterocycles. The molecule has 17 nitrogen and oxygen atoms in total. The summed E-state index contributed by atoms with van der Waals surface area (Å²) < 4.78 is 81.0. The number of aromatic nitrogens is 2. The third-order valence-corrected chi connectivity index (χ3v) is 7.19. The van der Waals surface area contributed by atoms with E-state index in [2.05, 4.69) is 15.4 Å². The molecule has 1 aromatic rings. The Labute approximate surface area is 230 Å². The standard InChI is InChI=1S/C22H26FN2O15P/c1-6-20-16(25-8-7-14(26)24-17(25)27)39-22(23)15(21(20,22)34-11-33-20)40-41(30,35-9-31-18(28)37-12(2)3)36-10-32-19(29)38-13(4)5/h1,7-8,12-13,15-16H,9-11H2,2-5H3,(H,24,26,27). The molecule has 5 unspecified atom stereocenters. The Morgan fingerprint density at radius 3 is 2.24 bits per heavy atom. The van der Waals surface area contributed by atoms with E-state index in [0.717, 1.165) is 16.8 Å². The second-order valence-corrected chi connectivity index (χ2v) is 10.8. The van der Waals surface area contributed by atoms with Crippen LogP contribution in [0.2, 0.25) is 0 Å². The lowest BCUT2D eigenvalue weighted by atomic mass is 9.93. The number of phosphoric acid groups is 1. The van der Waals surface area contributed by atoms with Crippen molar-refractivity contribution in [3.63, 3.8) is 0 Å². The van der Waals surface area contributed by atoms with Gasteiger partial charge in [-0.25, -0.2) is 32.4 Å². The van der Waals surface area contributed by atoms with Crippen molar-refractivity contribution in [1.29, 1.82) is 0 Å². The van der Waals surface area contributed by atoms with Gasteiger partial charge in [0.05, 0.1) is 12.2 Å². The van der Waals surface area contributed by atoms with E-state index in [0.29, 0.717) is 0 Å². The van der Waals surface area contributed by atoms with Crippen LogP contribution in [0, 0.1) is 12.3 Å². The molecule has 3 aliphatic rings. The number of nitrogens with zero attached hydrogens (tertiary/aromatic N) is 1. The number of phosphoric ester groups is 1. The zero-order chi connectivity index (χ0) is 30.2. The van der Waals surface area contributed by atoms with Crippen LogP contribution in [0.15, 0.2) is 21.9 Å². The van der Waals surface area contributed by atoms with E-state index in [-0.39, 0.29) is 0 Å². The van der Waals surface area contributed by atoms with Gasteiger partial charge in [0.15, 0.2) is 19.1 Å². The summed E-state index contributed by atoms with van der Waals surface area (Å²) in [5, 5.41) is 0. The molecule has 0 aromatic carbocycles. The van der Waals surface area contributed by atoms with Crippen LogP contribution in [-0.4, -0.2) is 77.6 Å². The zero-order valence-corrected chi connectivity index (χ0v) is 23.0. The quantitative estimate of drug-likeness (QED) is 0.164. The van der Waals surface area contributed by atoms with Crippen LogP contribution in [0.4, 0.5) is 14.0 Å². The van der Waals surface area contributed by atoms with Crippen LogP contribution >= 0.6 is 7.82 Å². The Hall–Kier alpha value is -3.30. The maximum atomic E-state index is 16.3. The molecule has 0 amide bonds. The van der Waals surface area contributed by atoms with E-state index in [1.807, 2.05) is 4.98 Å². The number of alkyl halides is 1. The first-order valence-corrected chi connectivity index (χ1v) is 13.4. The average Bonchev–Trinajstić information content (AvgIpc) is 3.13. The Bertz CT molecular complexity index is 1360. The number of hydrogen-bond donors (Lipinski definition) is 1. The first-order valence-electron chi connectivity index (χ1n) is 11.9. The van der Waals surface area contributed by atoms with Gasteiger partial charge in [0, 0.05) is 12.3 Å². The molecule has 5 atom stereocenters. The van der Waals surface area contributed by atoms with E-state index in [1.165, 1.54) is 27.7 Å². The molecule has 3 heterocycles.